The number of hydrogen-bond donors (Lipinski definition) is 0. The van der Waals surface area contributed by atoms with Crippen molar-refractivity contribution in [2.24, 2.45) is 0 Å². The van der Waals surface area contributed by atoms with Crippen LogP contribution in [0.15, 0.2) is 48.6 Å². The number of carbonyl (C=O) groups is 3. The Morgan fingerprint density at radius 1 is 0.339 bits per heavy atom. The molecule has 6 heteroatoms. The zero-order chi connectivity index (χ0) is 45.1. The Hall–Kier alpha value is -2.63. The molecule has 0 saturated carbocycles. The normalized spacial score (nSPS) is 12.4. The quantitative estimate of drug-likeness (QED) is 0.0199. The van der Waals surface area contributed by atoms with Crippen molar-refractivity contribution in [3.8, 4) is 0 Å². The van der Waals surface area contributed by atoms with Gasteiger partial charge in [-0.1, -0.05) is 236 Å². The predicted molar refractivity (Wildman–Crippen MR) is 265 cm³/mol. The summed E-state index contributed by atoms with van der Waals surface area (Å²) in [5, 5.41) is 0. The van der Waals surface area contributed by atoms with Crippen LogP contribution in [0.2, 0.25) is 0 Å². The van der Waals surface area contributed by atoms with E-state index in [0.29, 0.717) is 19.3 Å². The topological polar surface area (TPSA) is 78.9 Å². The SMILES string of the molecule is CC\C=C/C=C\C=C/CCCCCCCCCC(=O)OCC(COC(=O)CCCCCCCCCCCCCCCC)OC(=O)CCCCCCCCC/C=C\CCCCCC. The molecule has 0 N–H and O–H groups in total. The lowest BCUT2D eigenvalue weighted by Gasteiger charge is -2.18. The first-order valence-electron chi connectivity index (χ1n) is 26.7. The number of esters is 3. The highest BCUT2D eigenvalue weighted by atomic mass is 16.6. The summed E-state index contributed by atoms with van der Waals surface area (Å²) in [6.07, 6.45) is 60.9. The third kappa shape index (κ3) is 48.4. The minimum atomic E-state index is -0.777. The molecular formula is C56H100O6. The highest BCUT2D eigenvalue weighted by Gasteiger charge is 2.19. The molecule has 0 aromatic rings. The van der Waals surface area contributed by atoms with Crippen LogP contribution in [0.4, 0.5) is 0 Å². The van der Waals surface area contributed by atoms with Gasteiger partial charge < -0.3 is 14.2 Å². The van der Waals surface area contributed by atoms with Crippen molar-refractivity contribution in [1.29, 1.82) is 0 Å². The van der Waals surface area contributed by atoms with Crippen molar-refractivity contribution in [3.05, 3.63) is 48.6 Å². The molecule has 0 heterocycles. The Morgan fingerprint density at radius 3 is 1.03 bits per heavy atom. The average molecular weight is 869 g/mol. The summed E-state index contributed by atoms with van der Waals surface area (Å²) in [4.78, 5) is 38.0. The van der Waals surface area contributed by atoms with Gasteiger partial charge in [0.15, 0.2) is 6.10 Å². The van der Waals surface area contributed by atoms with Gasteiger partial charge in [0.1, 0.15) is 13.2 Å². The van der Waals surface area contributed by atoms with Crippen molar-refractivity contribution in [1.82, 2.24) is 0 Å². The van der Waals surface area contributed by atoms with Gasteiger partial charge >= 0.3 is 17.9 Å². The van der Waals surface area contributed by atoms with E-state index in [2.05, 4.69) is 69.4 Å². The molecule has 0 spiro atoms. The Balaban J connectivity index is 4.38. The van der Waals surface area contributed by atoms with Crippen LogP contribution in [0.3, 0.4) is 0 Å². The second-order valence-electron chi connectivity index (χ2n) is 17.8. The standard InChI is InChI=1S/C56H100O6/c1-4-7-10-13-16-19-22-25-28-31-34-37-40-43-46-49-55(58)61-52-53(51-60-54(57)48-45-42-39-36-33-30-27-24-21-18-15-12-9-6-3)62-56(59)50-47-44-41-38-35-32-29-26-23-20-17-14-11-8-5-2/h7,10,13,16,19-20,22-23,53H,4-6,8-9,11-12,14-15,17-18,21,24-52H2,1-3H3/b10-7-,16-13-,22-19-,23-20-. The van der Waals surface area contributed by atoms with Gasteiger partial charge in [-0.2, -0.15) is 0 Å². The molecule has 360 valence electrons. The Kier molecular flexibility index (Phi) is 48.8. The Bertz CT molecular complexity index is 1090. The maximum Gasteiger partial charge on any atom is 0.306 e. The second kappa shape index (κ2) is 51.0. The first-order valence-corrected chi connectivity index (χ1v) is 26.7. The molecular weight excluding hydrogens is 769 g/mol. The van der Waals surface area contributed by atoms with E-state index in [1.807, 2.05) is 0 Å². The van der Waals surface area contributed by atoms with Crippen LogP contribution in [-0.2, 0) is 28.6 Å². The summed E-state index contributed by atoms with van der Waals surface area (Å²) in [5.74, 6) is -0.883. The summed E-state index contributed by atoms with van der Waals surface area (Å²) in [5.41, 5.74) is 0. The van der Waals surface area contributed by atoms with Crippen LogP contribution in [0.5, 0.6) is 0 Å². The minimum absolute atomic E-state index is 0.0761. The van der Waals surface area contributed by atoms with E-state index >= 15 is 0 Å². The predicted octanol–water partition coefficient (Wildman–Crippen LogP) is 17.5. The smallest absolute Gasteiger partial charge is 0.306 e. The second-order valence-corrected chi connectivity index (χ2v) is 17.8. The lowest BCUT2D eigenvalue weighted by Crippen LogP contribution is -2.30. The van der Waals surface area contributed by atoms with Crippen LogP contribution in [0, 0.1) is 0 Å². The molecule has 0 aliphatic carbocycles. The molecule has 0 aliphatic heterocycles. The molecule has 0 aliphatic rings. The molecule has 0 aromatic heterocycles. The van der Waals surface area contributed by atoms with Crippen LogP contribution in [0.25, 0.3) is 0 Å². The molecule has 6 nitrogen and oxygen atoms in total. The maximum absolute atomic E-state index is 12.8. The van der Waals surface area contributed by atoms with E-state index in [1.54, 1.807) is 0 Å². The molecule has 0 fully saturated rings. The van der Waals surface area contributed by atoms with E-state index in [9.17, 15) is 14.4 Å². The van der Waals surface area contributed by atoms with Gasteiger partial charge in [0.25, 0.3) is 0 Å². The minimum Gasteiger partial charge on any atom is -0.462 e. The van der Waals surface area contributed by atoms with Crippen LogP contribution in [0.1, 0.15) is 271 Å². The van der Waals surface area contributed by atoms with E-state index in [1.165, 1.54) is 161 Å². The Morgan fingerprint density at radius 2 is 0.645 bits per heavy atom. The lowest BCUT2D eigenvalue weighted by atomic mass is 10.0. The van der Waals surface area contributed by atoms with Crippen molar-refractivity contribution in [2.75, 3.05) is 13.2 Å². The molecule has 0 bridgehead atoms. The summed E-state index contributed by atoms with van der Waals surface area (Å²) >= 11 is 0. The third-order valence-corrected chi connectivity index (χ3v) is 11.6. The molecule has 0 amide bonds. The van der Waals surface area contributed by atoms with E-state index in [4.69, 9.17) is 14.2 Å². The van der Waals surface area contributed by atoms with Crippen LogP contribution >= 0.6 is 0 Å². The first-order chi connectivity index (χ1) is 30.5. The average Bonchev–Trinajstić information content (AvgIpc) is 3.27. The number of carbonyl (C=O) groups excluding carboxylic acids is 3. The molecule has 1 atom stereocenters. The molecule has 1 unspecified atom stereocenters. The number of hydrogen-bond acceptors (Lipinski definition) is 6. The summed E-state index contributed by atoms with van der Waals surface area (Å²) in [7, 11) is 0. The van der Waals surface area contributed by atoms with Crippen molar-refractivity contribution in [3.63, 3.8) is 0 Å². The fourth-order valence-electron chi connectivity index (χ4n) is 7.61. The summed E-state index contributed by atoms with van der Waals surface area (Å²) in [6.45, 7) is 6.50. The zero-order valence-electron chi connectivity index (χ0n) is 41.1. The van der Waals surface area contributed by atoms with Crippen LogP contribution in [-0.4, -0.2) is 37.2 Å². The number of allylic oxidation sites excluding steroid dienone is 8. The summed E-state index contributed by atoms with van der Waals surface area (Å²) < 4.78 is 16.8. The molecule has 0 rings (SSSR count). The molecule has 62 heavy (non-hydrogen) atoms. The van der Waals surface area contributed by atoms with Crippen molar-refractivity contribution >= 4 is 17.9 Å². The lowest BCUT2D eigenvalue weighted by molar-refractivity contribution is -0.167. The van der Waals surface area contributed by atoms with Gasteiger partial charge in [0.05, 0.1) is 0 Å². The highest BCUT2D eigenvalue weighted by molar-refractivity contribution is 5.71. The van der Waals surface area contributed by atoms with Crippen molar-refractivity contribution in [2.45, 2.75) is 277 Å². The van der Waals surface area contributed by atoms with E-state index < -0.39 is 6.10 Å². The highest BCUT2D eigenvalue weighted by Crippen LogP contribution is 2.16. The number of rotatable bonds is 48. The van der Waals surface area contributed by atoms with Gasteiger partial charge in [0, 0.05) is 19.3 Å². The fourth-order valence-corrected chi connectivity index (χ4v) is 7.61. The van der Waals surface area contributed by atoms with Gasteiger partial charge in [-0.25, -0.2) is 0 Å². The first kappa shape index (κ1) is 59.4. The fraction of sp³-hybridized carbons (Fsp3) is 0.804. The van der Waals surface area contributed by atoms with Crippen LogP contribution < -0.4 is 0 Å². The van der Waals surface area contributed by atoms with Gasteiger partial charge in [-0.3, -0.25) is 14.4 Å². The third-order valence-electron chi connectivity index (χ3n) is 11.6. The van der Waals surface area contributed by atoms with E-state index in [0.717, 1.165) is 70.6 Å². The van der Waals surface area contributed by atoms with Gasteiger partial charge in [-0.05, 0) is 64.2 Å². The van der Waals surface area contributed by atoms with E-state index in [-0.39, 0.29) is 31.1 Å². The molecule has 0 saturated heterocycles. The van der Waals surface area contributed by atoms with Gasteiger partial charge in [-0.15, -0.1) is 0 Å². The maximum atomic E-state index is 12.8. The number of ether oxygens (including phenoxy) is 3. The Labute approximate surface area is 384 Å². The molecule has 0 aromatic carbocycles. The van der Waals surface area contributed by atoms with Crippen molar-refractivity contribution < 1.29 is 28.6 Å². The monoisotopic (exact) mass is 869 g/mol. The summed E-state index contributed by atoms with van der Waals surface area (Å²) in [6, 6.07) is 0. The zero-order valence-corrected chi connectivity index (χ0v) is 41.1. The molecule has 0 radical (unpaired) electrons. The number of unbranched alkanes of at least 4 members (excludes halogenated alkanes) is 31. The van der Waals surface area contributed by atoms with Gasteiger partial charge in [0.2, 0.25) is 0 Å². The largest absolute Gasteiger partial charge is 0.462 e.